The summed E-state index contributed by atoms with van der Waals surface area (Å²) in [7, 11) is -2.08. The van der Waals surface area contributed by atoms with Crippen molar-refractivity contribution in [1.82, 2.24) is 19.0 Å². The fraction of sp³-hybridized carbons (Fsp3) is 0.0667. The van der Waals surface area contributed by atoms with E-state index in [1.807, 2.05) is 24.3 Å². The van der Waals surface area contributed by atoms with E-state index in [9.17, 15) is 8.42 Å². The van der Waals surface area contributed by atoms with Crippen LogP contribution >= 0.6 is 0 Å². The highest BCUT2D eigenvalue weighted by atomic mass is 32.2. The van der Waals surface area contributed by atoms with Crippen LogP contribution in [0.3, 0.4) is 0 Å². The van der Waals surface area contributed by atoms with Gasteiger partial charge in [0.05, 0.1) is 0 Å². The number of fused-ring (bicyclic) bond motifs is 2. The molecule has 0 aliphatic carbocycles. The van der Waals surface area contributed by atoms with E-state index < -0.39 is 10.0 Å². The molecule has 0 amide bonds. The molecule has 0 aliphatic rings. The van der Waals surface area contributed by atoms with E-state index in [2.05, 4.69) is 10.3 Å². The maximum absolute atomic E-state index is 12.9. The zero-order chi connectivity index (χ0) is 15.3. The Morgan fingerprint density at radius 1 is 0.955 bits per heavy atom. The van der Waals surface area contributed by atoms with Gasteiger partial charge >= 0.3 is 10.0 Å². The molecular formula is C15H12N4O2S. The summed E-state index contributed by atoms with van der Waals surface area (Å²) in [5.41, 5.74) is 1.86. The minimum atomic E-state index is -3.81. The fourth-order valence-corrected chi connectivity index (χ4v) is 4.07. The van der Waals surface area contributed by atoms with E-state index in [4.69, 9.17) is 0 Å². The highest BCUT2D eigenvalue weighted by Gasteiger charge is 2.25. The van der Waals surface area contributed by atoms with Gasteiger partial charge in [-0.2, -0.15) is 8.42 Å². The maximum Gasteiger partial charge on any atom is 0.300 e. The van der Waals surface area contributed by atoms with Gasteiger partial charge in [-0.05, 0) is 24.3 Å². The molecule has 0 spiro atoms. The minimum Gasteiger partial charge on any atom is -0.333 e. The number of hydrogen-bond acceptors (Lipinski definition) is 4. The Morgan fingerprint density at radius 2 is 1.64 bits per heavy atom. The van der Waals surface area contributed by atoms with Crippen LogP contribution in [-0.4, -0.2) is 27.4 Å². The molecule has 0 saturated carbocycles. The van der Waals surface area contributed by atoms with E-state index in [0.717, 1.165) is 15.0 Å². The molecule has 4 aromatic rings. The number of benzene rings is 2. The number of hydrogen-bond donors (Lipinski definition) is 0. The Morgan fingerprint density at radius 3 is 2.41 bits per heavy atom. The minimum absolute atomic E-state index is 0.185. The number of nitrogens with zero attached hydrogens (tertiary/aromatic N) is 4. The summed E-state index contributed by atoms with van der Waals surface area (Å²) >= 11 is 0. The van der Waals surface area contributed by atoms with Crippen LogP contribution in [0.2, 0.25) is 0 Å². The second-order valence-corrected chi connectivity index (χ2v) is 6.74. The Balaban J connectivity index is 2.02. The van der Waals surface area contributed by atoms with Crippen molar-refractivity contribution < 1.29 is 8.42 Å². The summed E-state index contributed by atoms with van der Waals surface area (Å²) < 4.78 is 28.5. The molecule has 110 valence electrons. The lowest BCUT2D eigenvalue weighted by molar-refractivity contribution is 0.570. The number of aromatic nitrogens is 4. The van der Waals surface area contributed by atoms with Crippen molar-refractivity contribution in [1.29, 1.82) is 0 Å². The monoisotopic (exact) mass is 312 g/mol. The molecule has 0 aliphatic heterocycles. The molecule has 4 rings (SSSR count). The maximum atomic E-state index is 12.9. The molecule has 0 bridgehead atoms. The van der Waals surface area contributed by atoms with Crippen LogP contribution in [-0.2, 0) is 17.1 Å². The summed E-state index contributed by atoms with van der Waals surface area (Å²) in [5.74, 6) is 0. The largest absolute Gasteiger partial charge is 0.333 e. The number of rotatable bonds is 2. The van der Waals surface area contributed by atoms with Crippen LogP contribution in [0.1, 0.15) is 0 Å². The molecule has 6 nitrogen and oxygen atoms in total. The summed E-state index contributed by atoms with van der Waals surface area (Å²) in [6.07, 6.45) is 0. The lowest BCUT2D eigenvalue weighted by Crippen LogP contribution is -2.17. The van der Waals surface area contributed by atoms with Gasteiger partial charge in [-0.15, -0.1) is 9.19 Å². The lowest BCUT2D eigenvalue weighted by atomic mass is 10.2. The first-order valence-electron chi connectivity index (χ1n) is 6.69. The molecule has 0 saturated heterocycles. The number of aryl methyl sites for hydroxylation is 1. The Bertz CT molecular complexity index is 1110. The van der Waals surface area contributed by atoms with Gasteiger partial charge < -0.3 is 4.57 Å². The van der Waals surface area contributed by atoms with Crippen molar-refractivity contribution in [3.63, 3.8) is 0 Å². The molecule has 0 N–H and O–H groups in total. The first-order valence-corrected chi connectivity index (χ1v) is 8.13. The van der Waals surface area contributed by atoms with Gasteiger partial charge in [-0.1, -0.05) is 35.5 Å². The van der Waals surface area contributed by atoms with E-state index in [1.165, 1.54) is 0 Å². The second-order valence-electron chi connectivity index (χ2n) is 5.03. The van der Waals surface area contributed by atoms with Crippen molar-refractivity contribution >= 4 is 32.0 Å². The SMILES string of the molecule is Cn1c(S(=O)(=O)n2nnc3ccccc32)cc2ccccc21. The first-order chi connectivity index (χ1) is 10.6. The quantitative estimate of drug-likeness (QED) is 0.569. The summed E-state index contributed by atoms with van der Waals surface area (Å²) in [4.78, 5) is 0. The lowest BCUT2D eigenvalue weighted by Gasteiger charge is -2.06. The zero-order valence-electron chi connectivity index (χ0n) is 11.7. The van der Waals surface area contributed by atoms with Crippen molar-refractivity contribution in [2.24, 2.45) is 7.05 Å². The summed E-state index contributed by atoms with van der Waals surface area (Å²) in [6.45, 7) is 0. The van der Waals surface area contributed by atoms with Crippen molar-refractivity contribution in [3.05, 3.63) is 54.6 Å². The normalized spacial score (nSPS) is 12.2. The van der Waals surface area contributed by atoms with Crippen LogP contribution in [0, 0.1) is 0 Å². The van der Waals surface area contributed by atoms with Crippen molar-refractivity contribution in [2.75, 3.05) is 0 Å². The van der Waals surface area contributed by atoms with Gasteiger partial charge in [0.1, 0.15) is 11.0 Å². The Labute approximate surface area is 126 Å². The van der Waals surface area contributed by atoms with Crippen LogP contribution in [0.25, 0.3) is 21.9 Å². The van der Waals surface area contributed by atoms with Gasteiger partial charge in [0, 0.05) is 18.0 Å². The molecule has 2 aromatic heterocycles. The van der Waals surface area contributed by atoms with E-state index in [1.54, 1.807) is 41.9 Å². The highest BCUT2D eigenvalue weighted by molar-refractivity contribution is 7.90. The molecular weight excluding hydrogens is 300 g/mol. The number of para-hydroxylation sites is 2. The average Bonchev–Trinajstić information content (AvgIpc) is 3.10. The predicted octanol–water partition coefficient (Wildman–Crippen LogP) is 2.16. The summed E-state index contributed by atoms with van der Waals surface area (Å²) in [6, 6.07) is 16.2. The van der Waals surface area contributed by atoms with E-state index in [0.29, 0.717) is 11.0 Å². The molecule has 0 fully saturated rings. The van der Waals surface area contributed by atoms with Crippen LogP contribution in [0.4, 0.5) is 0 Å². The van der Waals surface area contributed by atoms with E-state index in [-0.39, 0.29) is 5.03 Å². The second kappa shape index (κ2) is 4.41. The van der Waals surface area contributed by atoms with E-state index >= 15 is 0 Å². The van der Waals surface area contributed by atoms with Gasteiger partial charge in [-0.3, -0.25) is 0 Å². The van der Waals surface area contributed by atoms with Crippen LogP contribution < -0.4 is 0 Å². The van der Waals surface area contributed by atoms with Crippen molar-refractivity contribution in [3.8, 4) is 0 Å². The molecule has 7 heteroatoms. The van der Waals surface area contributed by atoms with Gasteiger partial charge in [0.25, 0.3) is 0 Å². The standard InChI is InChI=1S/C15H12N4O2S/c1-18-13-8-4-2-6-11(13)10-15(18)22(20,21)19-14-9-5-3-7-12(14)16-17-19/h2-10H,1H3. The Kier molecular flexibility index (Phi) is 2.61. The third-order valence-corrected chi connectivity index (χ3v) is 5.37. The fourth-order valence-electron chi connectivity index (χ4n) is 2.62. The Hall–Kier alpha value is -2.67. The average molecular weight is 312 g/mol. The van der Waals surface area contributed by atoms with Crippen LogP contribution in [0.15, 0.2) is 59.6 Å². The molecule has 0 atom stereocenters. The van der Waals surface area contributed by atoms with Crippen molar-refractivity contribution in [2.45, 2.75) is 5.03 Å². The highest BCUT2D eigenvalue weighted by Crippen LogP contribution is 2.24. The topological polar surface area (TPSA) is 69.8 Å². The summed E-state index contributed by atoms with van der Waals surface area (Å²) in [5, 5.41) is 8.79. The smallest absolute Gasteiger partial charge is 0.300 e. The molecule has 0 radical (unpaired) electrons. The third kappa shape index (κ3) is 1.69. The zero-order valence-corrected chi connectivity index (χ0v) is 12.5. The third-order valence-electron chi connectivity index (χ3n) is 3.72. The predicted molar refractivity (Wildman–Crippen MR) is 83.0 cm³/mol. The van der Waals surface area contributed by atoms with Gasteiger partial charge in [0.2, 0.25) is 0 Å². The van der Waals surface area contributed by atoms with Crippen LogP contribution in [0.5, 0.6) is 0 Å². The van der Waals surface area contributed by atoms with Gasteiger partial charge in [0.15, 0.2) is 5.03 Å². The molecule has 2 heterocycles. The molecule has 2 aromatic carbocycles. The van der Waals surface area contributed by atoms with Gasteiger partial charge in [-0.25, -0.2) is 0 Å². The first kappa shape index (κ1) is 13.0. The molecule has 22 heavy (non-hydrogen) atoms. The molecule has 0 unspecified atom stereocenters.